The number of carbonyl (C=O) groups is 1. The lowest BCUT2D eigenvalue weighted by Gasteiger charge is -2.12. The van der Waals surface area contributed by atoms with Crippen LogP contribution in [0.1, 0.15) is 15.9 Å². The zero-order chi connectivity index (χ0) is 17.8. The van der Waals surface area contributed by atoms with Crippen molar-refractivity contribution in [3.63, 3.8) is 0 Å². The normalized spacial score (nSPS) is 10.4. The van der Waals surface area contributed by atoms with Crippen LogP contribution < -0.4 is 10.1 Å². The molecule has 1 amide bonds. The lowest BCUT2D eigenvalue weighted by atomic mass is 9.99. The minimum Gasteiger partial charge on any atom is -0.495 e. The van der Waals surface area contributed by atoms with Gasteiger partial charge in [0.15, 0.2) is 0 Å². The van der Waals surface area contributed by atoms with E-state index in [1.54, 1.807) is 37.6 Å². The fraction of sp³-hybridized carbons (Fsp3) is 0.100. The first kappa shape index (κ1) is 17.0. The Morgan fingerprint density at radius 1 is 1.12 bits per heavy atom. The number of benzene rings is 2. The Labute approximate surface area is 151 Å². The summed E-state index contributed by atoms with van der Waals surface area (Å²) in [5, 5.41) is 3.31. The van der Waals surface area contributed by atoms with Gasteiger partial charge in [-0.05, 0) is 48.9 Å². The summed E-state index contributed by atoms with van der Waals surface area (Å²) in [5.41, 5.74) is 3.84. The number of hydrogen-bond acceptors (Lipinski definition) is 3. The van der Waals surface area contributed by atoms with E-state index in [9.17, 15) is 4.79 Å². The molecule has 3 rings (SSSR count). The van der Waals surface area contributed by atoms with E-state index in [1.807, 2.05) is 37.3 Å². The Morgan fingerprint density at radius 3 is 2.64 bits per heavy atom. The van der Waals surface area contributed by atoms with Gasteiger partial charge in [0.25, 0.3) is 5.91 Å². The molecule has 0 aliphatic rings. The third-order valence-electron chi connectivity index (χ3n) is 3.93. The van der Waals surface area contributed by atoms with Crippen molar-refractivity contribution in [3.8, 4) is 17.0 Å². The molecule has 0 saturated carbocycles. The number of methoxy groups -OCH3 is 1. The van der Waals surface area contributed by atoms with Crippen LogP contribution in [0.15, 0.2) is 60.8 Å². The highest BCUT2D eigenvalue weighted by atomic mass is 35.5. The molecule has 0 radical (unpaired) electrons. The average Bonchev–Trinajstić information content (AvgIpc) is 2.63. The zero-order valence-corrected chi connectivity index (χ0v) is 14.7. The van der Waals surface area contributed by atoms with Gasteiger partial charge in [-0.3, -0.25) is 9.78 Å². The summed E-state index contributed by atoms with van der Waals surface area (Å²) < 4.78 is 5.12. The summed E-state index contributed by atoms with van der Waals surface area (Å²) in [6.45, 7) is 1.92. The van der Waals surface area contributed by atoms with Gasteiger partial charge in [-0.2, -0.15) is 0 Å². The molecule has 0 atom stereocenters. The zero-order valence-electron chi connectivity index (χ0n) is 13.9. The number of ether oxygens (including phenoxy) is 1. The fourth-order valence-corrected chi connectivity index (χ4v) is 2.88. The highest BCUT2D eigenvalue weighted by Gasteiger charge is 2.14. The highest BCUT2D eigenvalue weighted by Crippen LogP contribution is 2.28. The molecule has 4 nitrogen and oxygen atoms in total. The molecule has 0 aliphatic heterocycles. The number of carbonyl (C=O) groups excluding carboxylic acids is 1. The van der Waals surface area contributed by atoms with E-state index < -0.39 is 0 Å². The summed E-state index contributed by atoms with van der Waals surface area (Å²) in [4.78, 5) is 17.0. The predicted octanol–water partition coefficient (Wildman–Crippen LogP) is 4.97. The van der Waals surface area contributed by atoms with Crippen molar-refractivity contribution in [2.24, 2.45) is 0 Å². The van der Waals surface area contributed by atoms with Crippen LogP contribution in [-0.4, -0.2) is 18.0 Å². The van der Waals surface area contributed by atoms with Gasteiger partial charge >= 0.3 is 0 Å². The first-order valence-corrected chi connectivity index (χ1v) is 8.14. The molecular weight excluding hydrogens is 336 g/mol. The average molecular weight is 353 g/mol. The SMILES string of the molecule is COc1ccc(NC(=O)c2cccc(-c3ccccn3)c2C)cc1Cl. The molecule has 1 N–H and O–H groups in total. The third-order valence-corrected chi connectivity index (χ3v) is 4.22. The van der Waals surface area contributed by atoms with E-state index >= 15 is 0 Å². The molecule has 0 bridgehead atoms. The van der Waals surface area contributed by atoms with Crippen molar-refractivity contribution in [1.29, 1.82) is 0 Å². The molecule has 0 aliphatic carbocycles. The van der Waals surface area contributed by atoms with Crippen LogP contribution in [0.3, 0.4) is 0 Å². The van der Waals surface area contributed by atoms with Gasteiger partial charge in [-0.25, -0.2) is 0 Å². The molecule has 2 aromatic carbocycles. The molecule has 0 spiro atoms. The number of hydrogen-bond donors (Lipinski definition) is 1. The van der Waals surface area contributed by atoms with Crippen molar-refractivity contribution in [2.45, 2.75) is 6.92 Å². The lowest BCUT2D eigenvalue weighted by molar-refractivity contribution is 0.102. The van der Waals surface area contributed by atoms with Crippen LogP contribution in [0.5, 0.6) is 5.75 Å². The topological polar surface area (TPSA) is 51.2 Å². The van der Waals surface area contributed by atoms with Crippen molar-refractivity contribution in [2.75, 3.05) is 12.4 Å². The Kier molecular flexibility index (Phi) is 5.00. The van der Waals surface area contributed by atoms with Crippen molar-refractivity contribution in [1.82, 2.24) is 4.98 Å². The number of halogens is 1. The van der Waals surface area contributed by atoms with Crippen molar-refractivity contribution in [3.05, 3.63) is 76.9 Å². The number of nitrogens with zero attached hydrogens (tertiary/aromatic N) is 1. The van der Waals surface area contributed by atoms with E-state index in [1.165, 1.54) is 0 Å². The summed E-state index contributed by atoms with van der Waals surface area (Å²) in [6, 6.07) is 16.4. The Balaban J connectivity index is 1.89. The minimum atomic E-state index is -0.198. The Bertz CT molecular complexity index is 911. The van der Waals surface area contributed by atoms with Crippen LogP contribution >= 0.6 is 11.6 Å². The molecule has 0 saturated heterocycles. The summed E-state index contributed by atoms with van der Waals surface area (Å²) >= 11 is 6.11. The number of amides is 1. The van der Waals surface area contributed by atoms with Crippen LogP contribution in [0.4, 0.5) is 5.69 Å². The van der Waals surface area contributed by atoms with Crippen molar-refractivity contribution < 1.29 is 9.53 Å². The standard InChI is InChI=1S/C20H17ClN2O2/c1-13-15(18-8-3-4-11-22-18)6-5-7-16(13)20(24)23-14-9-10-19(25-2)17(21)12-14/h3-12H,1-2H3,(H,23,24). The summed E-state index contributed by atoms with van der Waals surface area (Å²) in [7, 11) is 1.55. The smallest absolute Gasteiger partial charge is 0.255 e. The maximum Gasteiger partial charge on any atom is 0.255 e. The lowest BCUT2D eigenvalue weighted by Crippen LogP contribution is -2.13. The van der Waals surface area contributed by atoms with E-state index in [2.05, 4.69) is 10.3 Å². The largest absolute Gasteiger partial charge is 0.495 e. The molecule has 0 unspecified atom stereocenters. The third kappa shape index (κ3) is 3.64. The van der Waals surface area contributed by atoms with E-state index in [-0.39, 0.29) is 5.91 Å². The molecule has 5 heteroatoms. The van der Waals surface area contributed by atoms with Crippen LogP contribution in [-0.2, 0) is 0 Å². The molecule has 25 heavy (non-hydrogen) atoms. The minimum absolute atomic E-state index is 0.198. The number of anilines is 1. The van der Waals surface area contributed by atoms with Crippen molar-refractivity contribution >= 4 is 23.2 Å². The quantitative estimate of drug-likeness (QED) is 0.721. The van der Waals surface area contributed by atoms with Crippen LogP contribution in [0.2, 0.25) is 5.02 Å². The second kappa shape index (κ2) is 7.36. The number of aromatic nitrogens is 1. The second-order valence-electron chi connectivity index (χ2n) is 5.50. The van der Waals surface area contributed by atoms with Gasteiger partial charge < -0.3 is 10.1 Å². The summed E-state index contributed by atoms with van der Waals surface area (Å²) in [6.07, 6.45) is 1.74. The monoisotopic (exact) mass is 352 g/mol. The first-order valence-electron chi connectivity index (χ1n) is 7.76. The molecule has 126 valence electrons. The van der Waals surface area contributed by atoms with Gasteiger partial charge in [-0.15, -0.1) is 0 Å². The van der Waals surface area contributed by atoms with Crippen LogP contribution in [0.25, 0.3) is 11.3 Å². The fourth-order valence-electron chi connectivity index (χ4n) is 2.62. The van der Waals surface area contributed by atoms with Crippen LogP contribution in [0, 0.1) is 6.92 Å². The molecular formula is C20H17ClN2O2. The van der Waals surface area contributed by atoms with Gasteiger partial charge in [0.2, 0.25) is 0 Å². The number of rotatable bonds is 4. The maximum absolute atomic E-state index is 12.7. The molecule has 0 fully saturated rings. The number of pyridine rings is 1. The Morgan fingerprint density at radius 2 is 1.96 bits per heavy atom. The molecule has 3 aromatic rings. The van der Waals surface area contributed by atoms with Gasteiger partial charge in [-0.1, -0.05) is 29.8 Å². The van der Waals surface area contributed by atoms with E-state index in [0.717, 1.165) is 16.8 Å². The maximum atomic E-state index is 12.7. The highest BCUT2D eigenvalue weighted by molar-refractivity contribution is 6.32. The second-order valence-corrected chi connectivity index (χ2v) is 5.90. The van der Waals surface area contributed by atoms with E-state index in [4.69, 9.17) is 16.3 Å². The van der Waals surface area contributed by atoms with Gasteiger partial charge in [0.05, 0.1) is 17.8 Å². The molecule has 1 aromatic heterocycles. The number of nitrogens with one attached hydrogen (secondary N) is 1. The van der Waals surface area contributed by atoms with Gasteiger partial charge in [0, 0.05) is 23.0 Å². The molecule has 1 heterocycles. The summed E-state index contributed by atoms with van der Waals surface area (Å²) in [5.74, 6) is 0.365. The van der Waals surface area contributed by atoms with E-state index in [0.29, 0.717) is 22.0 Å². The first-order chi connectivity index (χ1) is 12.1. The predicted molar refractivity (Wildman–Crippen MR) is 100 cm³/mol. The van der Waals surface area contributed by atoms with Gasteiger partial charge in [0.1, 0.15) is 5.75 Å². The Hall–Kier alpha value is -2.85.